The van der Waals surface area contributed by atoms with E-state index in [9.17, 15) is 0 Å². The fraction of sp³-hybridized carbons (Fsp3) is 0.400. The third kappa shape index (κ3) is 2.46. The van der Waals surface area contributed by atoms with Crippen LogP contribution in [0.2, 0.25) is 0 Å². The lowest BCUT2D eigenvalue weighted by atomic mass is 10.2. The third-order valence-corrected chi connectivity index (χ3v) is 3.27. The molecular formula is C15H21N3. The molecule has 0 amide bonds. The van der Waals surface area contributed by atoms with Crippen molar-refractivity contribution in [2.75, 3.05) is 6.54 Å². The van der Waals surface area contributed by atoms with Crippen molar-refractivity contribution in [3.63, 3.8) is 0 Å². The summed E-state index contributed by atoms with van der Waals surface area (Å²) in [6, 6.07) is 8.48. The van der Waals surface area contributed by atoms with Crippen molar-refractivity contribution < 1.29 is 0 Å². The number of nitrogens with zero attached hydrogens (tertiary/aromatic N) is 2. The number of rotatable bonds is 4. The van der Waals surface area contributed by atoms with Crippen molar-refractivity contribution >= 4 is 0 Å². The maximum atomic E-state index is 4.64. The van der Waals surface area contributed by atoms with Crippen molar-refractivity contribution in [1.82, 2.24) is 15.1 Å². The van der Waals surface area contributed by atoms with Gasteiger partial charge in [-0.3, -0.25) is 0 Å². The highest BCUT2D eigenvalue weighted by atomic mass is 15.3. The molecule has 2 rings (SSSR count). The maximum Gasteiger partial charge on any atom is 0.0649 e. The fourth-order valence-corrected chi connectivity index (χ4v) is 2.12. The molecule has 0 unspecified atom stereocenters. The number of aryl methyl sites for hydroxylation is 2. The number of hydrogen-bond acceptors (Lipinski definition) is 2. The van der Waals surface area contributed by atoms with Gasteiger partial charge in [0.2, 0.25) is 0 Å². The first kappa shape index (κ1) is 12.8. The van der Waals surface area contributed by atoms with Gasteiger partial charge in [0.05, 0.1) is 11.4 Å². The van der Waals surface area contributed by atoms with Gasteiger partial charge < -0.3 is 5.32 Å². The molecular weight excluding hydrogens is 222 g/mol. The number of aromatic nitrogens is 2. The molecule has 0 spiro atoms. The minimum atomic E-state index is 0.889. The van der Waals surface area contributed by atoms with Gasteiger partial charge in [-0.1, -0.05) is 24.6 Å². The summed E-state index contributed by atoms with van der Waals surface area (Å²) >= 11 is 0. The van der Waals surface area contributed by atoms with Crippen LogP contribution in [0, 0.1) is 20.8 Å². The third-order valence-electron chi connectivity index (χ3n) is 3.27. The van der Waals surface area contributed by atoms with E-state index in [0.29, 0.717) is 0 Å². The minimum absolute atomic E-state index is 0.889. The smallest absolute Gasteiger partial charge is 0.0649 e. The Morgan fingerprint density at radius 3 is 2.39 bits per heavy atom. The Balaban J connectivity index is 2.37. The van der Waals surface area contributed by atoms with Crippen LogP contribution >= 0.6 is 0 Å². The molecule has 18 heavy (non-hydrogen) atoms. The van der Waals surface area contributed by atoms with Gasteiger partial charge in [0.15, 0.2) is 0 Å². The van der Waals surface area contributed by atoms with Crippen LogP contribution in [-0.4, -0.2) is 16.3 Å². The standard InChI is InChI=1S/C15H21N3/c1-5-16-10-15-12(3)17-18(13(15)4)14-8-6-11(2)7-9-14/h6-9,16H,5,10H2,1-4H3. The predicted molar refractivity (Wildman–Crippen MR) is 75.2 cm³/mol. The predicted octanol–water partition coefficient (Wildman–Crippen LogP) is 2.91. The second kappa shape index (κ2) is 5.36. The van der Waals surface area contributed by atoms with E-state index in [2.05, 4.69) is 62.4 Å². The SMILES string of the molecule is CCNCc1c(C)nn(-c2ccc(C)cc2)c1C. The second-order valence-corrected chi connectivity index (χ2v) is 4.68. The summed E-state index contributed by atoms with van der Waals surface area (Å²) in [4.78, 5) is 0. The Bertz CT molecular complexity index is 523. The maximum absolute atomic E-state index is 4.64. The molecule has 3 nitrogen and oxygen atoms in total. The molecule has 0 fully saturated rings. The Labute approximate surface area is 109 Å². The average Bonchev–Trinajstić information content (AvgIpc) is 2.64. The first-order chi connectivity index (χ1) is 8.63. The molecule has 2 aromatic rings. The summed E-state index contributed by atoms with van der Waals surface area (Å²) in [7, 11) is 0. The number of nitrogens with one attached hydrogen (secondary N) is 1. The summed E-state index contributed by atoms with van der Waals surface area (Å²) in [6.45, 7) is 10.3. The van der Waals surface area contributed by atoms with Crippen LogP contribution in [0.25, 0.3) is 5.69 Å². The normalized spacial score (nSPS) is 10.9. The molecule has 0 aliphatic carbocycles. The highest BCUT2D eigenvalue weighted by Gasteiger charge is 2.11. The van der Waals surface area contributed by atoms with Gasteiger partial charge in [0.1, 0.15) is 0 Å². The molecule has 0 saturated heterocycles. The van der Waals surface area contributed by atoms with E-state index in [1.54, 1.807) is 0 Å². The van der Waals surface area contributed by atoms with Gasteiger partial charge in [-0.05, 0) is 39.4 Å². The van der Waals surface area contributed by atoms with Crippen LogP contribution in [0.5, 0.6) is 0 Å². The van der Waals surface area contributed by atoms with Crippen LogP contribution in [-0.2, 0) is 6.54 Å². The highest BCUT2D eigenvalue weighted by molar-refractivity contribution is 5.38. The van der Waals surface area contributed by atoms with Crippen molar-refractivity contribution in [2.24, 2.45) is 0 Å². The van der Waals surface area contributed by atoms with Crippen molar-refractivity contribution in [3.05, 3.63) is 46.8 Å². The van der Waals surface area contributed by atoms with Gasteiger partial charge in [-0.2, -0.15) is 5.10 Å². The van der Waals surface area contributed by atoms with Gasteiger partial charge in [-0.25, -0.2) is 4.68 Å². The Kier molecular flexibility index (Phi) is 3.82. The first-order valence-corrected chi connectivity index (χ1v) is 6.46. The van der Waals surface area contributed by atoms with Gasteiger partial charge in [0, 0.05) is 17.8 Å². The molecule has 1 aromatic carbocycles. The Hall–Kier alpha value is -1.61. The molecule has 0 aliphatic heterocycles. The quantitative estimate of drug-likeness (QED) is 0.895. The summed E-state index contributed by atoms with van der Waals surface area (Å²) in [6.07, 6.45) is 0. The van der Waals surface area contributed by atoms with E-state index in [4.69, 9.17) is 0 Å². The Morgan fingerprint density at radius 2 is 1.78 bits per heavy atom. The van der Waals surface area contributed by atoms with Gasteiger partial charge >= 0.3 is 0 Å². The van der Waals surface area contributed by atoms with Crippen molar-refractivity contribution in [2.45, 2.75) is 34.2 Å². The molecule has 1 aromatic heterocycles. The molecule has 0 atom stereocenters. The number of benzene rings is 1. The molecule has 0 radical (unpaired) electrons. The van der Waals surface area contributed by atoms with Gasteiger partial charge in [0.25, 0.3) is 0 Å². The zero-order valence-corrected chi connectivity index (χ0v) is 11.6. The van der Waals surface area contributed by atoms with Crippen LogP contribution < -0.4 is 5.32 Å². The van der Waals surface area contributed by atoms with E-state index in [-0.39, 0.29) is 0 Å². The van der Waals surface area contributed by atoms with Crippen LogP contribution in [0.3, 0.4) is 0 Å². The topological polar surface area (TPSA) is 29.9 Å². The summed E-state index contributed by atoms with van der Waals surface area (Å²) < 4.78 is 2.03. The lowest BCUT2D eigenvalue weighted by molar-refractivity contribution is 0.719. The van der Waals surface area contributed by atoms with E-state index < -0.39 is 0 Å². The van der Waals surface area contributed by atoms with Crippen LogP contribution in [0.1, 0.15) is 29.4 Å². The average molecular weight is 243 g/mol. The van der Waals surface area contributed by atoms with E-state index in [1.165, 1.54) is 16.8 Å². The van der Waals surface area contributed by atoms with E-state index in [1.807, 2.05) is 4.68 Å². The van der Waals surface area contributed by atoms with Crippen LogP contribution in [0.4, 0.5) is 0 Å². The molecule has 0 saturated carbocycles. The monoisotopic (exact) mass is 243 g/mol. The van der Waals surface area contributed by atoms with E-state index in [0.717, 1.165) is 24.5 Å². The molecule has 0 bridgehead atoms. The van der Waals surface area contributed by atoms with Crippen molar-refractivity contribution in [3.8, 4) is 5.69 Å². The summed E-state index contributed by atoms with van der Waals surface area (Å²) in [5, 5.41) is 8.01. The molecule has 1 N–H and O–H groups in total. The molecule has 0 aliphatic rings. The zero-order chi connectivity index (χ0) is 13.1. The minimum Gasteiger partial charge on any atom is -0.313 e. The highest BCUT2D eigenvalue weighted by Crippen LogP contribution is 2.18. The first-order valence-electron chi connectivity index (χ1n) is 6.46. The van der Waals surface area contributed by atoms with Gasteiger partial charge in [-0.15, -0.1) is 0 Å². The zero-order valence-electron chi connectivity index (χ0n) is 11.6. The summed E-state index contributed by atoms with van der Waals surface area (Å²) in [5.41, 5.74) is 6.03. The largest absolute Gasteiger partial charge is 0.313 e. The molecule has 96 valence electrons. The number of hydrogen-bond donors (Lipinski definition) is 1. The lowest BCUT2D eigenvalue weighted by Gasteiger charge is -2.06. The molecule has 1 heterocycles. The van der Waals surface area contributed by atoms with Crippen molar-refractivity contribution in [1.29, 1.82) is 0 Å². The molecule has 3 heteroatoms. The second-order valence-electron chi connectivity index (χ2n) is 4.68. The van der Waals surface area contributed by atoms with E-state index >= 15 is 0 Å². The fourth-order valence-electron chi connectivity index (χ4n) is 2.12. The Morgan fingerprint density at radius 1 is 1.11 bits per heavy atom. The lowest BCUT2D eigenvalue weighted by Crippen LogP contribution is -2.13. The summed E-state index contributed by atoms with van der Waals surface area (Å²) in [5.74, 6) is 0. The van der Waals surface area contributed by atoms with Crippen LogP contribution in [0.15, 0.2) is 24.3 Å².